The summed E-state index contributed by atoms with van der Waals surface area (Å²) >= 11 is 0. The Morgan fingerprint density at radius 2 is 2.24 bits per heavy atom. The second kappa shape index (κ2) is 7.87. The lowest BCUT2D eigenvalue weighted by Gasteiger charge is -2.17. The van der Waals surface area contributed by atoms with Crippen molar-refractivity contribution in [2.24, 2.45) is 0 Å². The number of amides is 1. The van der Waals surface area contributed by atoms with Crippen molar-refractivity contribution in [1.29, 1.82) is 10.5 Å². The van der Waals surface area contributed by atoms with Gasteiger partial charge < -0.3 is 14.6 Å². The van der Waals surface area contributed by atoms with Crippen LogP contribution >= 0.6 is 0 Å². The molecule has 144 valence electrons. The zero-order valence-corrected chi connectivity index (χ0v) is 15.4. The molecule has 3 aromatic rings. The van der Waals surface area contributed by atoms with Crippen molar-refractivity contribution >= 4 is 5.91 Å². The van der Waals surface area contributed by atoms with Gasteiger partial charge in [0.05, 0.1) is 30.4 Å². The molecule has 1 amide bonds. The minimum atomic E-state index is -0.435. The van der Waals surface area contributed by atoms with Crippen LogP contribution in [0.3, 0.4) is 0 Å². The second-order valence-corrected chi connectivity index (χ2v) is 6.76. The molecule has 9 nitrogen and oxygen atoms in total. The lowest BCUT2D eigenvalue weighted by atomic mass is 10.1. The highest BCUT2D eigenvalue weighted by Crippen LogP contribution is 2.22. The zero-order valence-electron chi connectivity index (χ0n) is 15.4. The predicted octanol–water partition coefficient (Wildman–Crippen LogP) is 1.76. The Kier molecular flexibility index (Phi) is 4.95. The van der Waals surface area contributed by atoms with Gasteiger partial charge in [-0.05, 0) is 24.6 Å². The molecular weight excluding hydrogens is 370 g/mol. The number of oxazole rings is 1. The number of nitrogens with zero attached hydrogens (tertiary/aromatic N) is 6. The summed E-state index contributed by atoms with van der Waals surface area (Å²) in [6.45, 7) is 0.997. The third kappa shape index (κ3) is 3.94. The number of hydrogen-bond acceptors (Lipinski definition) is 7. The van der Waals surface area contributed by atoms with E-state index in [1.165, 1.54) is 6.20 Å². The summed E-state index contributed by atoms with van der Waals surface area (Å²) in [5, 5.41) is 25.5. The van der Waals surface area contributed by atoms with E-state index in [2.05, 4.69) is 27.7 Å². The van der Waals surface area contributed by atoms with Crippen molar-refractivity contribution in [2.75, 3.05) is 6.54 Å². The third-order valence-electron chi connectivity index (χ3n) is 4.81. The summed E-state index contributed by atoms with van der Waals surface area (Å²) in [6, 6.07) is 10.5. The van der Waals surface area contributed by atoms with Crippen LogP contribution in [0.15, 0.2) is 53.3 Å². The molecule has 2 aromatic heterocycles. The highest BCUT2D eigenvalue weighted by molar-refractivity contribution is 5.90. The first-order chi connectivity index (χ1) is 14.2. The molecule has 1 aromatic carbocycles. The standard InChI is InChI=1S/C20H17N7O2/c21-9-14-3-1-4-15(7-14)18-10-23-20(29-18)19(28)25-16-8-17(26(11-16)13-22)12-27-6-2-5-24-27/h1-7,10,16-17H,8,11-12H2,(H,25,28)/t16-,17+/m1/s1. The molecule has 0 aliphatic carbocycles. The fourth-order valence-corrected chi connectivity index (χ4v) is 3.44. The molecule has 1 aliphatic heterocycles. The highest BCUT2D eigenvalue weighted by Gasteiger charge is 2.33. The van der Waals surface area contributed by atoms with Gasteiger partial charge >= 0.3 is 5.91 Å². The molecule has 0 saturated carbocycles. The van der Waals surface area contributed by atoms with Crippen molar-refractivity contribution in [3.63, 3.8) is 0 Å². The molecule has 0 spiro atoms. The van der Waals surface area contributed by atoms with Crippen molar-refractivity contribution < 1.29 is 9.21 Å². The Labute approximate surface area is 166 Å². The van der Waals surface area contributed by atoms with Crippen LogP contribution in [0.4, 0.5) is 0 Å². The quantitative estimate of drug-likeness (QED) is 0.662. The van der Waals surface area contributed by atoms with Gasteiger partial charge in [0, 0.05) is 30.5 Å². The number of carbonyl (C=O) groups is 1. The minimum absolute atomic E-state index is 0.0426. The summed E-state index contributed by atoms with van der Waals surface area (Å²) in [4.78, 5) is 18.3. The first-order valence-electron chi connectivity index (χ1n) is 9.07. The Bertz CT molecular complexity index is 1090. The molecule has 0 bridgehead atoms. The number of rotatable bonds is 5. The van der Waals surface area contributed by atoms with E-state index < -0.39 is 5.91 Å². The van der Waals surface area contributed by atoms with Crippen molar-refractivity contribution in [3.05, 3.63) is 60.4 Å². The molecule has 1 fully saturated rings. The van der Waals surface area contributed by atoms with E-state index in [-0.39, 0.29) is 18.0 Å². The maximum absolute atomic E-state index is 12.5. The number of likely N-dealkylation sites (tertiary alicyclic amines) is 1. The van der Waals surface area contributed by atoms with Gasteiger partial charge in [0.2, 0.25) is 0 Å². The summed E-state index contributed by atoms with van der Waals surface area (Å²) in [5.41, 5.74) is 1.17. The maximum atomic E-state index is 12.5. The average Bonchev–Trinajstić information content (AvgIpc) is 3.49. The van der Waals surface area contributed by atoms with Gasteiger partial charge in [-0.1, -0.05) is 12.1 Å². The molecule has 9 heteroatoms. The molecule has 1 N–H and O–H groups in total. The van der Waals surface area contributed by atoms with E-state index in [0.717, 1.165) is 0 Å². The van der Waals surface area contributed by atoms with Crippen molar-refractivity contribution in [3.8, 4) is 23.6 Å². The SMILES string of the molecule is N#Cc1cccc(-c2cnc(C(=O)N[C@@H]3C[C@@H](Cn4cccn4)N(C#N)C3)o2)c1. The fraction of sp³-hybridized carbons (Fsp3) is 0.250. The molecule has 1 saturated heterocycles. The van der Waals surface area contributed by atoms with Gasteiger partial charge in [0.1, 0.15) is 0 Å². The lowest BCUT2D eigenvalue weighted by Crippen LogP contribution is -2.36. The summed E-state index contributed by atoms with van der Waals surface area (Å²) in [5.74, 6) is -0.0782. The summed E-state index contributed by atoms with van der Waals surface area (Å²) in [7, 11) is 0. The van der Waals surface area contributed by atoms with Gasteiger partial charge in [0.15, 0.2) is 12.0 Å². The lowest BCUT2D eigenvalue weighted by molar-refractivity contribution is 0.0904. The Morgan fingerprint density at radius 3 is 3.00 bits per heavy atom. The Balaban J connectivity index is 1.41. The van der Waals surface area contributed by atoms with E-state index >= 15 is 0 Å². The molecule has 2 atom stereocenters. The normalized spacial score (nSPS) is 18.2. The number of hydrogen-bond donors (Lipinski definition) is 1. The first-order valence-corrected chi connectivity index (χ1v) is 9.07. The third-order valence-corrected chi connectivity index (χ3v) is 4.81. The smallest absolute Gasteiger partial charge is 0.307 e. The summed E-state index contributed by atoms with van der Waals surface area (Å²) < 4.78 is 7.35. The minimum Gasteiger partial charge on any atom is -0.432 e. The molecule has 29 heavy (non-hydrogen) atoms. The monoisotopic (exact) mass is 387 g/mol. The number of aromatic nitrogens is 3. The van der Waals surface area contributed by atoms with Gasteiger partial charge in [-0.15, -0.1) is 0 Å². The number of benzene rings is 1. The van der Waals surface area contributed by atoms with Crippen molar-refractivity contribution in [1.82, 2.24) is 25.0 Å². The Morgan fingerprint density at radius 1 is 1.34 bits per heavy atom. The number of carbonyl (C=O) groups excluding carboxylic acids is 1. The average molecular weight is 387 g/mol. The van der Waals surface area contributed by atoms with E-state index in [1.807, 2.05) is 12.3 Å². The van der Waals surface area contributed by atoms with Crippen LogP contribution in [-0.4, -0.2) is 44.2 Å². The van der Waals surface area contributed by atoms with E-state index in [9.17, 15) is 10.1 Å². The molecule has 4 rings (SSSR count). The second-order valence-electron chi connectivity index (χ2n) is 6.76. The van der Waals surface area contributed by atoms with Crippen LogP contribution in [0.1, 0.15) is 22.7 Å². The Hall–Kier alpha value is -4.11. The number of nitrogens with one attached hydrogen (secondary N) is 1. The molecular formula is C20H17N7O2. The van der Waals surface area contributed by atoms with Gasteiger partial charge in [-0.3, -0.25) is 9.48 Å². The summed E-state index contributed by atoms with van der Waals surface area (Å²) in [6.07, 6.45) is 7.80. The van der Waals surface area contributed by atoms with Gasteiger partial charge in [-0.25, -0.2) is 4.98 Å². The van der Waals surface area contributed by atoms with Crippen LogP contribution in [-0.2, 0) is 6.54 Å². The van der Waals surface area contributed by atoms with Crippen molar-refractivity contribution in [2.45, 2.75) is 25.0 Å². The number of nitriles is 2. The molecule has 3 heterocycles. The predicted molar refractivity (Wildman–Crippen MR) is 101 cm³/mol. The van der Waals surface area contributed by atoms with Crippen LogP contribution in [0.2, 0.25) is 0 Å². The van der Waals surface area contributed by atoms with Crippen LogP contribution in [0, 0.1) is 22.8 Å². The van der Waals surface area contributed by atoms with Gasteiger partial charge in [-0.2, -0.15) is 15.6 Å². The van der Waals surface area contributed by atoms with Crippen LogP contribution in [0.25, 0.3) is 11.3 Å². The van der Waals surface area contributed by atoms with Gasteiger partial charge in [0.25, 0.3) is 5.89 Å². The molecule has 1 aliphatic rings. The van der Waals surface area contributed by atoms with Crippen LogP contribution in [0.5, 0.6) is 0 Å². The highest BCUT2D eigenvalue weighted by atomic mass is 16.4. The maximum Gasteiger partial charge on any atom is 0.307 e. The van der Waals surface area contributed by atoms with E-state index in [4.69, 9.17) is 9.68 Å². The zero-order chi connectivity index (χ0) is 20.2. The largest absolute Gasteiger partial charge is 0.432 e. The molecule has 0 unspecified atom stereocenters. The first kappa shape index (κ1) is 18.3. The van der Waals surface area contributed by atoms with Crippen LogP contribution < -0.4 is 5.32 Å². The van der Waals surface area contributed by atoms with E-state index in [0.29, 0.717) is 36.4 Å². The molecule has 0 radical (unpaired) electrons. The fourth-order valence-electron chi connectivity index (χ4n) is 3.44. The van der Waals surface area contributed by atoms with E-state index in [1.54, 1.807) is 40.0 Å². The topological polar surface area (TPSA) is 124 Å².